The number of aromatic nitrogens is 2. The zero-order valence-corrected chi connectivity index (χ0v) is 12.2. The van der Waals surface area contributed by atoms with Gasteiger partial charge in [0, 0.05) is 18.0 Å². The summed E-state index contributed by atoms with van der Waals surface area (Å²) in [6, 6.07) is 9.67. The van der Waals surface area contributed by atoms with E-state index in [0.29, 0.717) is 17.2 Å². The molecule has 0 bridgehead atoms. The van der Waals surface area contributed by atoms with Crippen molar-refractivity contribution in [2.24, 2.45) is 0 Å². The molecule has 0 aliphatic rings. The Morgan fingerprint density at radius 2 is 1.67 bits per heavy atom. The zero-order chi connectivity index (χ0) is 14.8. The third kappa shape index (κ3) is 2.27. The molecule has 0 spiro atoms. The summed E-state index contributed by atoms with van der Waals surface area (Å²) in [7, 11) is 4.79. The van der Waals surface area contributed by atoms with Gasteiger partial charge in [0.1, 0.15) is 5.65 Å². The average Bonchev–Trinajstić information content (AvgIpc) is 2.97. The lowest BCUT2D eigenvalue weighted by Gasteiger charge is -2.13. The van der Waals surface area contributed by atoms with Gasteiger partial charge in [-0.25, -0.2) is 4.98 Å². The number of benzene rings is 1. The summed E-state index contributed by atoms with van der Waals surface area (Å²) in [6.45, 7) is 0. The van der Waals surface area contributed by atoms with Crippen LogP contribution < -0.4 is 14.2 Å². The van der Waals surface area contributed by atoms with Gasteiger partial charge in [-0.15, -0.1) is 0 Å². The van der Waals surface area contributed by atoms with E-state index in [9.17, 15) is 0 Å². The molecule has 0 atom stereocenters. The van der Waals surface area contributed by atoms with Crippen LogP contribution in [0.1, 0.15) is 0 Å². The first-order chi connectivity index (χ1) is 10.3. The summed E-state index contributed by atoms with van der Waals surface area (Å²) in [5.74, 6) is 1.81. The Morgan fingerprint density at radius 1 is 0.952 bits per heavy atom. The predicted octanol–water partition coefficient (Wildman–Crippen LogP) is 3.03. The van der Waals surface area contributed by atoms with Crippen molar-refractivity contribution < 1.29 is 14.2 Å². The van der Waals surface area contributed by atoms with Crippen LogP contribution in [0.15, 0.2) is 42.7 Å². The molecule has 1 aromatic carbocycles. The molecule has 0 fully saturated rings. The molecule has 108 valence electrons. The molecule has 0 unspecified atom stereocenters. The van der Waals surface area contributed by atoms with Gasteiger partial charge in [-0.05, 0) is 24.3 Å². The number of hydrogen-bond acceptors (Lipinski definition) is 4. The first-order valence-electron chi connectivity index (χ1n) is 6.51. The second kappa shape index (κ2) is 5.36. The van der Waals surface area contributed by atoms with Gasteiger partial charge in [0.05, 0.1) is 27.0 Å². The second-order valence-corrected chi connectivity index (χ2v) is 4.51. The Morgan fingerprint density at radius 3 is 2.24 bits per heavy atom. The Hall–Kier alpha value is -2.69. The molecule has 0 aliphatic carbocycles. The van der Waals surface area contributed by atoms with E-state index in [1.165, 1.54) is 0 Å². The van der Waals surface area contributed by atoms with E-state index >= 15 is 0 Å². The summed E-state index contributed by atoms with van der Waals surface area (Å²) in [4.78, 5) is 4.60. The van der Waals surface area contributed by atoms with Crippen LogP contribution >= 0.6 is 0 Å². The number of hydrogen-bond donors (Lipinski definition) is 0. The minimum absolute atomic E-state index is 0.576. The number of ether oxygens (including phenoxy) is 3. The lowest BCUT2D eigenvalue weighted by Crippen LogP contribution is -1.95. The van der Waals surface area contributed by atoms with Crippen molar-refractivity contribution in [3.63, 3.8) is 0 Å². The Bertz CT molecular complexity index is 722. The van der Waals surface area contributed by atoms with Crippen LogP contribution in [-0.4, -0.2) is 30.7 Å². The van der Waals surface area contributed by atoms with Crippen LogP contribution in [-0.2, 0) is 0 Å². The van der Waals surface area contributed by atoms with Crippen LogP contribution in [0.4, 0.5) is 0 Å². The van der Waals surface area contributed by atoms with E-state index in [2.05, 4.69) is 4.98 Å². The predicted molar refractivity (Wildman–Crippen MR) is 80.3 cm³/mol. The van der Waals surface area contributed by atoms with Crippen LogP contribution in [0.3, 0.4) is 0 Å². The maximum absolute atomic E-state index is 5.38. The average molecular weight is 284 g/mol. The summed E-state index contributed by atoms with van der Waals surface area (Å²) in [6.07, 6.45) is 3.93. The normalized spacial score (nSPS) is 10.6. The Labute approximate surface area is 122 Å². The molecular weight excluding hydrogens is 268 g/mol. The highest BCUT2D eigenvalue weighted by atomic mass is 16.5. The number of nitrogens with zero attached hydrogens (tertiary/aromatic N) is 2. The molecule has 0 saturated carbocycles. The van der Waals surface area contributed by atoms with Crippen molar-refractivity contribution in [2.75, 3.05) is 21.3 Å². The smallest absolute Gasteiger partial charge is 0.203 e. The quantitative estimate of drug-likeness (QED) is 0.738. The van der Waals surface area contributed by atoms with Crippen LogP contribution in [0, 0.1) is 0 Å². The topological polar surface area (TPSA) is 45.0 Å². The van der Waals surface area contributed by atoms with E-state index in [1.54, 1.807) is 21.3 Å². The van der Waals surface area contributed by atoms with Gasteiger partial charge in [-0.1, -0.05) is 6.07 Å². The summed E-state index contributed by atoms with van der Waals surface area (Å²) >= 11 is 0. The zero-order valence-electron chi connectivity index (χ0n) is 12.2. The molecule has 5 heteroatoms. The van der Waals surface area contributed by atoms with Gasteiger partial charge in [-0.3, -0.25) is 0 Å². The van der Waals surface area contributed by atoms with Crippen molar-refractivity contribution in [3.05, 3.63) is 42.7 Å². The number of methoxy groups -OCH3 is 3. The van der Waals surface area contributed by atoms with Crippen molar-refractivity contribution in [3.8, 4) is 28.5 Å². The highest BCUT2D eigenvalue weighted by molar-refractivity contribution is 5.70. The van der Waals surface area contributed by atoms with Gasteiger partial charge in [0.15, 0.2) is 11.5 Å². The third-order valence-corrected chi connectivity index (χ3v) is 3.32. The summed E-state index contributed by atoms with van der Waals surface area (Å²) < 4.78 is 18.1. The highest BCUT2D eigenvalue weighted by Crippen LogP contribution is 2.40. The fourth-order valence-electron chi connectivity index (χ4n) is 2.30. The monoisotopic (exact) mass is 284 g/mol. The molecule has 0 amide bonds. The van der Waals surface area contributed by atoms with E-state index in [-0.39, 0.29) is 0 Å². The molecule has 2 heterocycles. The van der Waals surface area contributed by atoms with Crippen molar-refractivity contribution in [1.82, 2.24) is 9.38 Å². The van der Waals surface area contributed by atoms with Gasteiger partial charge in [0.25, 0.3) is 0 Å². The maximum atomic E-state index is 5.38. The van der Waals surface area contributed by atoms with E-state index in [0.717, 1.165) is 16.9 Å². The molecule has 0 aliphatic heterocycles. The lowest BCUT2D eigenvalue weighted by molar-refractivity contribution is 0.324. The van der Waals surface area contributed by atoms with Gasteiger partial charge in [-0.2, -0.15) is 0 Å². The number of imidazole rings is 1. The largest absolute Gasteiger partial charge is 0.493 e. The highest BCUT2D eigenvalue weighted by Gasteiger charge is 2.15. The summed E-state index contributed by atoms with van der Waals surface area (Å²) in [5, 5.41) is 0. The van der Waals surface area contributed by atoms with E-state index in [1.807, 2.05) is 47.1 Å². The minimum atomic E-state index is 0.576. The Kier molecular flexibility index (Phi) is 3.39. The molecule has 0 saturated heterocycles. The van der Waals surface area contributed by atoms with Crippen molar-refractivity contribution >= 4 is 5.65 Å². The fourth-order valence-corrected chi connectivity index (χ4v) is 2.30. The van der Waals surface area contributed by atoms with E-state index in [4.69, 9.17) is 14.2 Å². The number of rotatable bonds is 4. The van der Waals surface area contributed by atoms with Gasteiger partial charge < -0.3 is 18.6 Å². The molecule has 0 N–H and O–H groups in total. The molecular formula is C16H16N2O3. The first-order valence-corrected chi connectivity index (χ1v) is 6.51. The molecule has 0 radical (unpaired) electrons. The van der Waals surface area contributed by atoms with Crippen LogP contribution in [0.2, 0.25) is 0 Å². The number of pyridine rings is 1. The van der Waals surface area contributed by atoms with Crippen molar-refractivity contribution in [1.29, 1.82) is 0 Å². The molecule has 21 heavy (non-hydrogen) atoms. The van der Waals surface area contributed by atoms with Crippen LogP contribution in [0.5, 0.6) is 17.2 Å². The lowest BCUT2D eigenvalue weighted by atomic mass is 10.1. The molecule has 3 aromatic rings. The van der Waals surface area contributed by atoms with Crippen LogP contribution in [0.25, 0.3) is 16.9 Å². The Balaban J connectivity index is 2.17. The van der Waals surface area contributed by atoms with Gasteiger partial charge in [0.2, 0.25) is 5.75 Å². The molecule has 5 nitrogen and oxygen atoms in total. The van der Waals surface area contributed by atoms with Gasteiger partial charge >= 0.3 is 0 Å². The van der Waals surface area contributed by atoms with Crippen molar-refractivity contribution in [2.45, 2.75) is 0 Å². The fraction of sp³-hybridized carbons (Fsp3) is 0.188. The third-order valence-electron chi connectivity index (χ3n) is 3.32. The summed E-state index contributed by atoms with van der Waals surface area (Å²) in [5.41, 5.74) is 2.65. The van der Waals surface area contributed by atoms with E-state index < -0.39 is 0 Å². The minimum Gasteiger partial charge on any atom is -0.493 e. The SMILES string of the molecule is COc1cc(-c2cn3ccccc3n2)cc(OC)c1OC. The molecule has 3 rings (SSSR count). The standard InChI is InChI=1S/C16H16N2O3/c1-19-13-8-11(9-14(20-2)16(13)21-3)12-10-18-7-5-4-6-15(18)17-12/h4-10H,1-3H3. The number of fused-ring (bicyclic) bond motifs is 1. The first kappa shape index (κ1) is 13.3. The maximum Gasteiger partial charge on any atom is 0.203 e. The second-order valence-electron chi connectivity index (χ2n) is 4.51. The molecule has 2 aromatic heterocycles.